The van der Waals surface area contributed by atoms with Crippen LogP contribution < -0.4 is 5.73 Å². The summed E-state index contributed by atoms with van der Waals surface area (Å²) in [6.45, 7) is 0. The van der Waals surface area contributed by atoms with Gasteiger partial charge in [0.15, 0.2) is 0 Å². The molecule has 2 nitrogen and oxygen atoms in total. The van der Waals surface area contributed by atoms with Crippen LogP contribution in [0.15, 0.2) is 41.8 Å². The molecule has 1 aromatic carbocycles. The smallest absolute Gasteiger partial charge is 0.258 e. The number of carbonyl (C=O) groups excluding carboxylic acids is 1. The van der Waals surface area contributed by atoms with E-state index in [9.17, 15) is 4.79 Å². The van der Waals surface area contributed by atoms with Crippen LogP contribution in [-0.4, -0.2) is 5.91 Å². The highest BCUT2D eigenvalue weighted by Crippen LogP contribution is 2.37. The van der Waals surface area contributed by atoms with Gasteiger partial charge < -0.3 is 5.73 Å². The van der Waals surface area contributed by atoms with Gasteiger partial charge in [-0.1, -0.05) is 18.2 Å². The highest BCUT2D eigenvalue weighted by Gasteiger charge is 2.10. The first-order valence-corrected chi connectivity index (χ1v) is 6.81. The Labute approximate surface area is 106 Å². The third-order valence-corrected chi connectivity index (χ3v) is 4.69. The molecule has 0 saturated carbocycles. The predicted octanol–water partition coefficient (Wildman–Crippen LogP) is 3.73. The van der Waals surface area contributed by atoms with Crippen LogP contribution in [0, 0.1) is 0 Å². The highest BCUT2D eigenvalue weighted by atomic mass is 32.1. The molecule has 0 unspecified atom stereocenters. The maximum Gasteiger partial charge on any atom is 0.258 e. The number of hydrogen-bond acceptors (Lipinski definition) is 3. The SMILES string of the molecule is NC(=O)c1ccc(-c2csc3ccccc23)s1. The zero-order valence-electron chi connectivity index (χ0n) is 8.84. The molecule has 1 amide bonds. The van der Waals surface area contributed by atoms with Crippen LogP contribution in [-0.2, 0) is 0 Å². The van der Waals surface area contributed by atoms with Crippen molar-refractivity contribution in [2.75, 3.05) is 0 Å². The van der Waals surface area contributed by atoms with Crippen molar-refractivity contribution in [3.05, 3.63) is 46.7 Å². The Kier molecular flexibility index (Phi) is 2.46. The van der Waals surface area contributed by atoms with Crippen molar-refractivity contribution in [1.82, 2.24) is 0 Å². The molecule has 0 aliphatic carbocycles. The van der Waals surface area contributed by atoms with E-state index in [1.807, 2.05) is 18.2 Å². The van der Waals surface area contributed by atoms with E-state index in [0.717, 1.165) is 4.88 Å². The summed E-state index contributed by atoms with van der Waals surface area (Å²) in [4.78, 5) is 12.8. The molecule has 3 rings (SSSR count). The van der Waals surface area contributed by atoms with Gasteiger partial charge in [-0.25, -0.2) is 0 Å². The minimum Gasteiger partial charge on any atom is -0.365 e. The number of fused-ring (bicyclic) bond motifs is 1. The molecule has 4 heteroatoms. The third kappa shape index (κ3) is 1.75. The van der Waals surface area contributed by atoms with E-state index in [-0.39, 0.29) is 5.91 Å². The number of amides is 1. The molecule has 2 heterocycles. The van der Waals surface area contributed by atoms with Crippen molar-refractivity contribution in [2.24, 2.45) is 5.73 Å². The molecular formula is C13H9NOS2. The Morgan fingerprint density at radius 3 is 2.71 bits per heavy atom. The van der Waals surface area contributed by atoms with Crippen molar-refractivity contribution in [1.29, 1.82) is 0 Å². The maximum atomic E-state index is 11.1. The van der Waals surface area contributed by atoms with Gasteiger partial charge in [-0.05, 0) is 18.2 Å². The van der Waals surface area contributed by atoms with Gasteiger partial charge in [0.05, 0.1) is 4.88 Å². The number of benzene rings is 1. The molecule has 2 N–H and O–H groups in total. The molecule has 84 valence electrons. The van der Waals surface area contributed by atoms with Crippen LogP contribution in [0.25, 0.3) is 20.5 Å². The lowest BCUT2D eigenvalue weighted by Gasteiger charge is -1.94. The molecule has 0 aliphatic rings. The van der Waals surface area contributed by atoms with Crippen LogP contribution in [0.4, 0.5) is 0 Å². The Balaban J connectivity index is 2.17. The van der Waals surface area contributed by atoms with E-state index >= 15 is 0 Å². The van der Waals surface area contributed by atoms with Crippen molar-refractivity contribution in [2.45, 2.75) is 0 Å². The molecule has 0 radical (unpaired) electrons. The van der Waals surface area contributed by atoms with Crippen molar-refractivity contribution >= 4 is 38.7 Å². The lowest BCUT2D eigenvalue weighted by molar-refractivity contribution is 0.100. The molecule has 3 aromatic rings. The summed E-state index contributed by atoms with van der Waals surface area (Å²) < 4.78 is 1.26. The molecule has 17 heavy (non-hydrogen) atoms. The van der Waals surface area contributed by atoms with Gasteiger partial charge >= 0.3 is 0 Å². The summed E-state index contributed by atoms with van der Waals surface area (Å²) >= 11 is 3.16. The molecule has 0 fully saturated rings. The van der Waals surface area contributed by atoms with E-state index < -0.39 is 0 Å². The Morgan fingerprint density at radius 1 is 1.12 bits per heavy atom. The summed E-state index contributed by atoms with van der Waals surface area (Å²) in [6, 6.07) is 12.0. The Hall–Kier alpha value is -1.65. The highest BCUT2D eigenvalue weighted by molar-refractivity contribution is 7.20. The van der Waals surface area contributed by atoms with E-state index in [2.05, 4.69) is 17.5 Å². The number of nitrogens with two attached hydrogens (primary N) is 1. The number of rotatable bonds is 2. The fourth-order valence-corrected chi connectivity index (χ4v) is 3.71. The average Bonchev–Trinajstić information content (AvgIpc) is 2.95. The monoisotopic (exact) mass is 259 g/mol. The Bertz CT molecular complexity index is 696. The minimum atomic E-state index is -0.360. The minimum absolute atomic E-state index is 0.360. The fraction of sp³-hybridized carbons (Fsp3) is 0. The van der Waals surface area contributed by atoms with Gasteiger partial charge in [0.1, 0.15) is 0 Å². The first kappa shape index (κ1) is 10.5. The van der Waals surface area contributed by atoms with Crippen molar-refractivity contribution in [3.63, 3.8) is 0 Å². The summed E-state index contributed by atoms with van der Waals surface area (Å²) in [5.41, 5.74) is 6.45. The van der Waals surface area contributed by atoms with Crippen molar-refractivity contribution in [3.8, 4) is 10.4 Å². The zero-order valence-corrected chi connectivity index (χ0v) is 10.5. The molecular weight excluding hydrogens is 250 g/mol. The quantitative estimate of drug-likeness (QED) is 0.748. The third-order valence-electron chi connectivity index (χ3n) is 2.60. The number of hydrogen-bond donors (Lipinski definition) is 1. The summed E-state index contributed by atoms with van der Waals surface area (Å²) in [5.74, 6) is -0.360. The molecule has 0 spiro atoms. The average molecular weight is 259 g/mol. The lowest BCUT2D eigenvalue weighted by atomic mass is 10.1. The zero-order chi connectivity index (χ0) is 11.8. The summed E-state index contributed by atoms with van der Waals surface area (Å²) in [7, 11) is 0. The first-order valence-electron chi connectivity index (χ1n) is 5.12. The topological polar surface area (TPSA) is 43.1 Å². The largest absolute Gasteiger partial charge is 0.365 e. The summed E-state index contributed by atoms with van der Waals surface area (Å²) in [6.07, 6.45) is 0. The molecule has 0 bridgehead atoms. The second-order valence-electron chi connectivity index (χ2n) is 3.67. The standard InChI is InChI=1S/C13H9NOS2/c14-13(15)12-6-5-11(17-12)9-7-16-10-4-2-1-3-8(9)10/h1-7H,(H2,14,15). The lowest BCUT2D eigenvalue weighted by Crippen LogP contribution is -2.07. The maximum absolute atomic E-state index is 11.1. The fourth-order valence-electron chi connectivity index (χ4n) is 1.78. The van der Waals surface area contributed by atoms with Gasteiger partial charge in [-0.3, -0.25) is 4.79 Å². The number of primary amides is 1. The molecule has 0 aliphatic heterocycles. The van der Waals surface area contributed by atoms with Gasteiger partial charge in [0, 0.05) is 25.9 Å². The van der Waals surface area contributed by atoms with Gasteiger partial charge in [0.2, 0.25) is 0 Å². The van der Waals surface area contributed by atoms with E-state index in [4.69, 9.17) is 5.73 Å². The van der Waals surface area contributed by atoms with Crippen LogP contribution in [0.5, 0.6) is 0 Å². The molecule has 0 saturated heterocycles. The summed E-state index contributed by atoms with van der Waals surface area (Å²) in [5, 5.41) is 3.36. The van der Waals surface area contributed by atoms with Gasteiger partial charge in [0.25, 0.3) is 5.91 Å². The van der Waals surface area contributed by atoms with Crippen LogP contribution in [0.2, 0.25) is 0 Å². The van der Waals surface area contributed by atoms with Crippen LogP contribution in [0.3, 0.4) is 0 Å². The van der Waals surface area contributed by atoms with Gasteiger partial charge in [-0.15, -0.1) is 22.7 Å². The van der Waals surface area contributed by atoms with Gasteiger partial charge in [-0.2, -0.15) is 0 Å². The van der Waals surface area contributed by atoms with E-state index in [1.165, 1.54) is 27.0 Å². The number of thiophene rings is 2. The Morgan fingerprint density at radius 2 is 1.94 bits per heavy atom. The van der Waals surface area contributed by atoms with Crippen LogP contribution >= 0.6 is 22.7 Å². The second kappa shape index (κ2) is 3.98. The first-order chi connectivity index (χ1) is 8.25. The predicted molar refractivity (Wildman–Crippen MR) is 73.7 cm³/mol. The number of carbonyl (C=O) groups is 1. The second-order valence-corrected chi connectivity index (χ2v) is 5.67. The van der Waals surface area contributed by atoms with E-state index in [0.29, 0.717) is 4.88 Å². The van der Waals surface area contributed by atoms with Crippen LogP contribution in [0.1, 0.15) is 9.67 Å². The molecule has 2 aromatic heterocycles. The molecule has 0 atom stereocenters. The van der Waals surface area contributed by atoms with E-state index in [1.54, 1.807) is 17.4 Å². The normalized spacial score (nSPS) is 10.8. The van der Waals surface area contributed by atoms with Crippen molar-refractivity contribution < 1.29 is 4.79 Å².